The van der Waals surface area contributed by atoms with Crippen LogP contribution in [0.3, 0.4) is 0 Å². The van der Waals surface area contributed by atoms with Crippen LogP contribution in [0.5, 0.6) is 0 Å². The Morgan fingerprint density at radius 1 is 0.818 bits per heavy atom. The van der Waals surface area contributed by atoms with Crippen molar-refractivity contribution in [3.05, 3.63) is 60.2 Å². The van der Waals surface area contributed by atoms with Gasteiger partial charge < -0.3 is 0 Å². The van der Waals surface area contributed by atoms with Gasteiger partial charge in [-0.15, -0.1) is 27.8 Å². The van der Waals surface area contributed by atoms with E-state index in [0.29, 0.717) is 5.82 Å². The van der Waals surface area contributed by atoms with Crippen LogP contribution in [0.2, 0.25) is 0 Å². The fraction of sp³-hybridized carbons (Fsp3) is 0. The highest BCUT2D eigenvalue weighted by Gasteiger charge is 2.10. The maximum absolute atomic E-state index is 4.59. The Morgan fingerprint density at radius 3 is 2.59 bits per heavy atom. The highest BCUT2D eigenvalue weighted by atomic mass is 32.1. The first kappa shape index (κ1) is 13.2. The molecule has 4 heterocycles. The third-order valence-corrected chi connectivity index (χ3v) is 5.25. The summed E-state index contributed by atoms with van der Waals surface area (Å²) in [4.78, 5) is 12.4. The molecule has 0 fully saturated rings. The average molecular weight is 322 g/mol. The van der Waals surface area contributed by atoms with Crippen LogP contribution in [0.25, 0.3) is 31.8 Å². The summed E-state index contributed by atoms with van der Waals surface area (Å²) >= 11 is 3.44. The smallest absolute Gasteiger partial charge is 0.200 e. The SMILES string of the molecule is c1ccc(-c2nncc(-c3ccc(-c4cccs4)s3)n2)nc1. The summed E-state index contributed by atoms with van der Waals surface area (Å²) in [5.41, 5.74) is 1.55. The molecule has 0 saturated carbocycles. The van der Waals surface area contributed by atoms with Crippen LogP contribution >= 0.6 is 22.7 Å². The van der Waals surface area contributed by atoms with Crippen LogP contribution < -0.4 is 0 Å². The lowest BCUT2D eigenvalue weighted by molar-refractivity contribution is 0.976. The van der Waals surface area contributed by atoms with E-state index >= 15 is 0 Å². The van der Waals surface area contributed by atoms with Crippen LogP contribution in [0.15, 0.2) is 60.2 Å². The second-order valence-electron chi connectivity index (χ2n) is 4.52. The summed E-state index contributed by atoms with van der Waals surface area (Å²) in [6.07, 6.45) is 3.42. The number of rotatable bonds is 3. The van der Waals surface area contributed by atoms with Gasteiger partial charge in [-0.05, 0) is 35.7 Å². The number of hydrogen-bond acceptors (Lipinski definition) is 6. The van der Waals surface area contributed by atoms with Gasteiger partial charge in [-0.1, -0.05) is 12.1 Å². The van der Waals surface area contributed by atoms with Crippen molar-refractivity contribution >= 4 is 22.7 Å². The molecule has 0 atom stereocenters. The lowest BCUT2D eigenvalue weighted by Crippen LogP contribution is -1.95. The molecule has 0 radical (unpaired) electrons. The monoisotopic (exact) mass is 322 g/mol. The highest BCUT2D eigenvalue weighted by Crippen LogP contribution is 2.35. The average Bonchev–Trinajstić information content (AvgIpc) is 3.27. The molecular formula is C16H10N4S2. The van der Waals surface area contributed by atoms with Gasteiger partial charge in [0.15, 0.2) is 0 Å². The fourth-order valence-electron chi connectivity index (χ4n) is 2.05. The van der Waals surface area contributed by atoms with Gasteiger partial charge >= 0.3 is 0 Å². The number of hydrogen-bond donors (Lipinski definition) is 0. The zero-order valence-electron chi connectivity index (χ0n) is 11.4. The molecule has 106 valence electrons. The molecule has 0 spiro atoms. The lowest BCUT2D eigenvalue weighted by Gasteiger charge is -2.00. The van der Waals surface area contributed by atoms with Crippen LogP contribution in [-0.4, -0.2) is 20.2 Å². The molecule has 4 nitrogen and oxygen atoms in total. The predicted molar refractivity (Wildman–Crippen MR) is 89.7 cm³/mol. The predicted octanol–water partition coefficient (Wildman–Crippen LogP) is 4.39. The second-order valence-corrected chi connectivity index (χ2v) is 6.55. The standard InChI is InChI=1S/C16H10N4S2/c1-2-8-17-11(4-1)16-19-12(10-18-20-16)13-6-7-15(22-13)14-5-3-9-21-14/h1-10H. The molecule has 0 saturated heterocycles. The molecule has 22 heavy (non-hydrogen) atoms. The first-order valence-electron chi connectivity index (χ1n) is 6.65. The molecule has 0 aromatic carbocycles. The first-order valence-corrected chi connectivity index (χ1v) is 8.35. The summed E-state index contributed by atoms with van der Waals surface area (Å²) in [6.45, 7) is 0. The van der Waals surface area contributed by atoms with E-state index in [1.54, 1.807) is 35.1 Å². The van der Waals surface area contributed by atoms with Crippen LogP contribution in [0, 0.1) is 0 Å². The minimum Gasteiger partial charge on any atom is -0.253 e. The fourth-order valence-corrected chi connectivity index (χ4v) is 3.85. The van der Waals surface area contributed by atoms with E-state index in [1.165, 1.54) is 9.75 Å². The summed E-state index contributed by atoms with van der Waals surface area (Å²) in [6, 6.07) is 14.0. The van der Waals surface area contributed by atoms with Crippen LogP contribution in [-0.2, 0) is 0 Å². The van der Waals surface area contributed by atoms with Crippen molar-refractivity contribution in [2.45, 2.75) is 0 Å². The molecule has 0 N–H and O–H groups in total. The van der Waals surface area contributed by atoms with Crippen molar-refractivity contribution in [2.75, 3.05) is 0 Å². The Kier molecular flexibility index (Phi) is 3.46. The highest BCUT2D eigenvalue weighted by molar-refractivity contribution is 7.23. The molecule has 4 aromatic rings. The molecule has 0 unspecified atom stereocenters. The van der Waals surface area contributed by atoms with Crippen LogP contribution in [0.1, 0.15) is 0 Å². The van der Waals surface area contributed by atoms with Crippen molar-refractivity contribution in [3.8, 4) is 31.8 Å². The number of nitrogens with zero attached hydrogens (tertiary/aromatic N) is 4. The van der Waals surface area contributed by atoms with E-state index in [1.807, 2.05) is 18.2 Å². The molecule has 0 aliphatic rings. The molecule has 6 heteroatoms. The quantitative estimate of drug-likeness (QED) is 0.561. The maximum atomic E-state index is 4.59. The third-order valence-electron chi connectivity index (χ3n) is 3.08. The maximum Gasteiger partial charge on any atom is 0.200 e. The molecule has 0 bridgehead atoms. The van der Waals surface area contributed by atoms with Gasteiger partial charge in [0.2, 0.25) is 5.82 Å². The largest absolute Gasteiger partial charge is 0.253 e. The van der Waals surface area contributed by atoms with Gasteiger partial charge in [-0.3, -0.25) is 4.98 Å². The molecule has 0 aliphatic heterocycles. The van der Waals surface area contributed by atoms with Gasteiger partial charge in [0, 0.05) is 16.0 Å². The summed E-state index contributed by atoms with van der Waals surface area (Å²) < 4.78 is 0. The van der Waals surface area contributed by atoms with Gasteiger partial charge in [-0.2, -0.15) is 5.10 Å². The van der Waals surface area contributed by atoms with E-state index in [9.17, 15) is 0 Å². The minimum atomic E-state index is 0.546. The number of aromatic nitrogens is 4. The minimum absolute atomic E-state index is 0.546. The summed E-state index contributed by atoms with van der Waals surface area (Å²) in [5, 5.41) is 10.2. The van der Waals surface area contributed by atoms with E-state index in [-0.39, 0.29) is 0 Å². The van der Waals surface area contributed by atoms with E-state index in [0.717, 1.165) is 16.3 Å². The molecular weight excluding hydrogens is 312 g/mol. The molecule has 4 aromatic heterocycles. The number of pyridine rings is 1. The molecule has 0 aliphatic carbocycles. The first-order chi connectivity index (χ1) is 10.9. The zero-order chi connectivity index (χ0) is 14.8. The second kappa shape index (κ2) is 5.75. The topological polar surface area (TPSA) is 51.6 Å². The van der Waals surface area contributed by atoms with Crippen molar-refractivity contribution in [3.63, 3.8) is 0 Å². The van der Waals surface area contributed by atoms with E-state index in [2.05, 4.69) is 49.8 Å². The Bertz CT molecular complexity index is 885. The van der Waals surface area contributed by atoms with Crippen LogP contribution in [0.4, 0.5) is 0 Å². The Morgan fingerprint density at radius 2 is 1.77 bits per heavy atom. The lowest BCUT2D eigenvalue weighted by atomic mass is 10.3. The molecule has 0 amide bonds. The Balaban J connectivity index is 1.72. The van der Waals surface area contributed by atoms with Crippen molar-refractivity contribution in [1.29, 1.82) is 0 Å². The Labute approximate surface area is 135 Å². The van der Waals surface area contributed by atoms with Gasteiger partial charge in [0.25, 0.3) is 0 Å². The van der Waals surface area contributed by atoms with Gasteiger partial charge in [0.05, 0.1) is 11.1 Å². The third kappa shape index (κ3) is 2.54. The zero-order valence-corrected chi connectivity index (χ0v) is 13.0. The van der Waals surface area contributed by atoms with Crippen molar-refractivity contribution in [2.24, 2.45) is 0 Å². The summed E-state index contributed by atoms with van der Waals surface area (Å²) in [5.74, 6) is 0.546. The number of thiophene rings is 2. The van der Waals surface area contributed by atoms with Gasteiger partial charge in [0.1, 0.15) is 11.4 Å². The van der Waals surface area contributed by atoms with Gasteiger partial charge in [-0.25, -0.2) is 4.98 Å². The van der Waals surface area contributed by atoms with E-state index < -0.39 is 0 Å². The molecule has 4 rings (SSSR count). The summed E-state index contributed by atoms with van der Waals surface area (Å²) in [7, 11) is 0. The van der Waals surface area contributed by atoms with Crippen molar-refractivity contribution < 1.29 is 0 Å². The normalized spacial score (nSPS) is 10.7. The van der Waals surface area contributed by atoms with Crippen molar-refractivity contribution in [1.82, 2.24) is 20.2 Å². The van der Waals surface area contributed by atoms with E-state index in [4.69, 9.17) is 0 Å². The Hall–Kier alpha value is -2.44.